The van der Waals surface area contributed by atoms with Gasteiger partial charge in [0, 0.05) is 30.0 Å². The van der Waals surface area contributed by atoms with Crippen LogP contribution in [-0.2, 0) is 4.79 Å². The number of benzene rings is 1. The molecule has 1 aromatic carbocycles. The molecule has 1 saturated heterocycles. The van der Waals surface area contributed by atoms with E-state index in [9.17, 15) is 4.79 Å². The second-order valence-corrected chi connectivity index (χ2v) is 6.45. The van der Waals surface area contributed by atoms with Gasteiger partial charge in [-0.15, -0.1) is 12.4 Å². The van der Waals surface area contributed by atoms with Crippen LogP contribution in [0.1, 0.15) is 31.4 Å². The van der Waals surface area contributed by atoms with Crippen molar-refractivity contribution in [1.82, 2.24) is 4.90 Å². The summed E-state index contributed by atoms with van der Waals surface area (Å²) in [5.74, 6) is 0.438. The Hall–Kier alpha value is -0.710. The van der Waals surface area contributed by atoms with Crippen LogP contribution in [0.15, 0.2) is 30.3 Å². The molecule has 1 aromatic rings. The SMILES string of the molecule is CC1SCCN(CCCC(=O)O)C1c1ccccc1.Cl. The van der Waals surface area contributed by atoms with Gasteiger partial charge in [0.15, 0.2) is 0 Å². The minimum Gasteiger partial charge on any atom is -0.481 e. The van der Waals surface area contributed by atoms with Gasteiger partial charge in [-0.1, -0.05) is 37.3 Å². The van der Waals surface area contributed by atoms with E-state index < -0.39 is 5.97 Å². The summed E-state index contributed by atoms with van der Waals surface area (Å²) in [6, 6.07) is 11.0. The molecule has 0 spiro atoms. The normalized spacial score (nSPS) is 23.1. The van der Waals surface area contributed by atoms with Crippen LogP contribution in [0.4, 0.5) is 0 Å². The van der Waals surface area contributed by atoms with Gasteiger partial charge in [-0.25, -0.2) is 0 Å². The zero-order chi connectivity index (χ0) is 13.7. The molecule has 0 aromatic heterocycles. The van der Waals surface area contributed by atoms with E-state index in [-0.39, 0.29) is 18.8 Å². The first-order valence-corrected chi connectivity index (χ1v) is 7.86. The highest BCUT2D eigenvalue weighted by Gasteiger charge is 2.29. The van der Waals surface area contributed by atoms with E-state index >= 15 is 0 Å². The molecule has 2 unspecified atom stereocenters. The average Bonchev–Trinajstić information content (AvgIpc) is 2.39. The number of thioether (sulfide) groups is 1. The van der Waals surface area contributed by atoms with Crippen molar-refractivity contribution in [3.05, 3.63) is 35.9 Å². The molecule has 5 heteroatoms. The molecule has 1 N–H and O–H groups in total. The van der Waals surface area contributed by atoms with Crippen molar-refractivity contribution in [3.8, 4) is 0 Å². The Bertz CT molecular complexity index is 416. The average molecular weight is 316 g/mol. The highest BCUT2D eigenvalue weighted by Crippen LogP contribution is 2.35. The molecule has 1 aliphatic rings. The Morgan fingerprint density at radius 3 is 2.75 bits per heavy atom. The standard InChI is InChI=1S/C15H21NO2S.ClH/c1-12-15(13-6-3-2-4-7-13)16(10-11-19-12)9-5-8-14(17)18;/h2-4,6-7,12,15H,5,8-11H2,1H3,(H,17,18);1H. The van der Waals surface area contributed by atoms with Crippen LogP contribution in [0.25, 0.3) is 0 Å². The van der Waals surface area contributed by atoms with Gasteiger partial charge >= 0.3 is 5.97 Å². The van der Waals surface area contributed by atoms with Gasteiger partial charge in [-0.3, -0.25) is 9.69 Å². The molecule has 1 aliphatic heterocycles. The third-order valence-corrected chi connectivity index (χ3v) is 4.78. The third kappa shape index (κ3) is 4.69. The Morgan fingerprint density at radius 1 is 1.40 bits per heavy atom. The quantitative estimate of drug-likeness (QED) is 0.903. The van der Waals surface area contributed by atoms with Crippen LogP contribution < -0.4 is 0 Å². The predicted molar refractivity (Wildman–Crippen MR) is 86.8 cm³/mol. The number of hydrogen-bond donors (Lipinski definition) is 1. The van der Waals surface area contributed by atoms with Gasteiger partial charge in [0.05, 0.1) is 0 Å². The smallest absolute Gasteiger partial charge is 0.303 e. The summed E-state index contributed by atoms with van der Waals surface area (Å²) in [7, 11) is 0. The van der Waals surface area contributed by atoms with Crippen molar-refractivity contribution < 1.29 is 9.90 Å². The number of carbonyl (C=O) groups is 1. The maximum atomic E-state index is 10.6. The first kappa shape index (κ1) is 17.3. The van der Waals surface area contributed by atoms with Crippen molar-refractivity contribution in [2.24, 2.45) is 0 Å². The van der Waals surface area contributed by atoms with E-state index in [0.717, 1.165) is 25.3 Å². The van der Waals surface area contributed by atoms with Gasteiger partial charge in [-0.2, -0.15) is 11.8 Å². The number of carboxylic acid groups (broad SMARTS) is 1. The molecule has 2 rings (SSSR count). The maximum absolute atomic E-state index is 10.6. The van der Waals surface area contributed by atoms with E-state index in [1.807, 2.05) is 17.8 Å². The third-order valence-electron chi connectivity index (χ3n) is 3.57. The fraction of sp³-hybridized carbons (Fsp3) is 0.533. The van der Waals surface area contributed by atoms with Crippen LogP contribution in [0.3, 0.4) is 0 Å². The molecular formula is C15H22ClNO2S. The lowest BCUT2D eigenvalue weighted by Crippen LogP contribution is -2.40. The topological polar surface area (TPSA) is 40.5 Å². The first-order chi connectivity index (χ1) is 9.18. The summed E-state index contributed by atoms with van der Waals surface area (Å²) in [6.07, 6.45) is 0.996. The molecular weight excluding hydrogens is 294 g/mol. The predicted octanol–water partition coefficient (Wildman–Crippen LogP) is 3.45. The van der Waals surface area contributed by atoms with E-state index in [1.54, 1.807) is 0 Å². The minimum atomic E-state index is -0.698. The van der Waals surface area contributed by atoms with E-state index in [0.29, 0.717) is 11.3 Å². The van der Waals surface area contributed by atoms with Gasteiger partial charge in [0.2, 0.25) is 0 Å². The molecule has 0 saturated carbocycles. The van der Waals surface area contributed by atoms with Gasteiger partial charge in [0.1, 0.15) is 0 Å². The molecule has 0 aliphatic carbocycles. The summed E-state index contributed by atoms with van der Waals surface area (Å²) < 4.78 is 0. The van der Waals surface area contributed by atoms with Crippen LogP contribution in [0.2, 0.25) is 0 Å². The minimum absolute atomic E-state index is 0. The molecule has 20 heavy (non-hydrogen) atoms. The maximum Gasteiger partial charge on any atom is 0.303 e. The summed E-state index contributed by atoms with van der Waals surface area (Å²) in [4.78, 5) is 13.1. The monoisotopic (exact) mass is 315 g/mol. The summed E-state index contributed by atoms with van der Waals surface area (Å²) >= 11 is 2.01. The molecule has 0 radical (unpaired) electrons. The first-order valence-electron chi connectivity index (χ1n) is 6.81. The molecule has 1 fully saturated rings. The number of halogens is 1. The van der Waals surface area contributed by atoms with Crippen LogP contribution >= 0.6 is 24.2 Å². The van der Waals surface area contributed by atoms with E-state index in [2.05, 4.69) is 36.1 Å². The largest absolute Gasteiger partial charge is 0.481 e. The zero-order valence-corrected chi connectivity index (χ0v) is 13.3. The number of nitrogens with zero attached hydrogens (tertiary/aromatic N) is 1. The second-order valence-electron chi connectivity index (χ2n) is 4.96. The van der Waals surface area contributed by atoms with Gasteiger partial charge in [0.25, 0.3) is 0 Å². The Balaban J connectivity index is 0.00000200. The van der Waals surface area contributed by atoms with E-state index in [1.165, 1.54) is 5.56 Å². The van der Waals surface area contributed by atoms with Crippen molar-refractivity contribution in [2.45, 2.75) is 31.1 Å². The number of rotatable bonds is 5. The lowest BCUT2D eigenvalue weighted by atomic mass is 10.0. The molecule has 2 atom stereocenters. The Kier molecular flexibility index (Phi) is 7.41. The fourth-order valence-corrected chi connectivity index (χ4v) is 3.92. The summed E-state index contributed by atoms with van der Waals surface area (Å²) in [6.45, 7) is 4.19. The summed E-state index contributed by atoms with van der Waals surface area (Å²) in [5, 5.41) is 9.31. The Morgan fingerprint density at radius 2 is 2.10 bits per heavy atom. The van der Waals surface area contributed by atoms with Crippen molar-refractivity contribution in [3.63, 3.8) is 0 Å². The second kappa shape index (κ2) is 8.55. The molecule has 3 nitrogen and oxygen atoms in total. The molecule has 1 heterocycles. The highest BCUT2D eigenvalue weighted by atomic mass is 35.5. The van der Waals surface area contributed by atoms with Gasteiger partial charge < -0.3 is 5.11 Å². The summed E-state index contributed by atoms with van der Waals surface area (Å²) in [5.41, 5.74) is 1.34. The van der Waals surface area contributed by atoms with Crippen molar-refractivity contribution in [1.29, 1.82) is 0 Å². The van der Waals surface area contributed by atoms with Crippen molar-refractivity contribution >= 4 is 30.1 Å². The van der Waals surface area contributed by atoms with Crippen LogP contribution in [0, 0.1) is 0 Å². The van der Waals surface area contributed by atoms with Gasteiger partial charge in [-0.05, 0) is 18.5 Å². The highest BCUT2D eigenvalue weighted by molar-refractivity contribution is 8.00. The van der Waals surface area contributed by atoms with Crippen LogP contribution in [0.5, 0.6) is 0 Å². The van der Waals surface area contributed by atoms with Crippen molar-refractivity contribution in [2.75, 3.05) is 18.8 Å². The lowest BCUT2D eigenvalue weighted by Gasteiger charge is -2.40. The molecule has 0 amide bonds. The number of carboxylic acids is 1. The lowest BCUT2D eigenvalue weighted by molar-refractivity contribution is -0.137. The number of aliphatic carboxylic acids is 1. The zero-order valence-electron chi connectivity index (χ0n) is 11.7. The molecule has 112 valence electrons. The van der Waals surface area contributed by atoms with Crippen LogP contribution in [-0.4, -0.2) is 40.1 Å². The number of hydrogen-bond acceptors (Lipinski definition) is 3. The fourth-order valence-electron chi connectivity index (χ4n) is 2.70. The Labute approximate surface area is 131 Å². The molecule has 0 bridgehead atoms. The van der Waals surface area contributed by atoms with E-state index in [4.69, 9.17) is 5.11 Å².